The van der Waals surface area contributed by atoms with Gasteiger partial charge < -0.3 is 10.6 Å². The first kappa shape index (κ1) is 14.8. The Morgan fingerprint density at radius 2 is 1.48 bits per heavy atom. The fourth-order valence-corrected chi connectivity index (χ4v) is 3.98. The molecule has 0 radical (unpaired) electrons. The largest absolute Gasteiger partial charge is 0.360 e. The lowest BCUT2D eigenvalue weighted by Gasteiger charge is -2.22. The third-order valence-corrected chi connectivity index (χ3v) is 5.16. The molecule has 0 spiro atoms. The van der Waals surface area contributed by atoms with Crippen LogP contribution in [0.15, 0.2) is 24.3 Å². The Morgan fingerprint density at radius 3 is 2.14 bits per heavy atom. The Labute approximate surface area is 133 Å². The number of thiocarbonyl (C=S) groups is 1. The van der Waals surface area contributed by atoms with Crippen LogP contribution in [0.1, 0.15) is 69.3 Å². The van der Waals surface area contributed by atoms with Gasteiger partial charge in [0.05, 0.1) is 0 Å². The summed E-state index contributed by atoms with van der Waals surface area (Å²) >= 11 is 5.41. The molecule has 2 saturated carbocycles. The first-order valence-corrected chi connectivity index (χ1v) is 8.89. The lowest BCUT2D eigenvalue weighted by atomic mass is 9.84. The molecule has 2 aliphatic carbocycles. The monoisotopic (exact) mass is 302 g/mol. The van der Waals surface area contributed by atoms with Crippen LogP contribution in [-0.4, -0.2) is 11.2 Å². The summed E-state index contributed by atoms with van der Waals surface area (Å²) in [6.45, 7) is 0. The van der Waals surface area contributed by atoms with E-state index in [1.807, 2.05) is 0 Å². The highest BCUT2D eigenvalue weighted by Crippen LogP contribution is 2.32. The summed E-state index contributed by atoms with van der Waals surface area (Å²) in [5.74, 6) is 0.774. The van der Waals surface area contributed by atoms with E-state index in [9.17, 15) is 0 Å². The van der Waals surface area contributed by atoms with Crippen molar-refractivity contribution in [3.05, 3.63) is 29.8 Å². The van der Waals surface area contributed by atoms with Gasteiger partial charge >= 0.3 is 0 Å². The summed E-state index contributed by atoms with van der Waals surface area (Å²) in [6.07, 6.45) is 12.1. The predicted octanol–water partition coefficient (Wildman–Crippen LogP) is 4.96. The second-order valence-electron chi connectivity index (χ2n) is 6.54. The average molecular weight is 302 g/mol. The van der Waals surface area contributed by atoms with Gasteiger partial charge in [-0.1, -0.05) is 44.2 Å². The number of nitrogens with one attached hydrogen (secondary N) is 2. The Bertz CT molecular complexity index is 457. The molecule has 0 atom stereocenters. The zero-order valence-electron chi connectivity index (χ0n) is 12.7. The van der Waals surface area contributed by atoms with Crippen molar-refractivity contribution in [3.8, 4) is 0 Å². The second-order valence-corrected chi connectivity index (χ2v) is 6.95. The minimum Gasteiger partial charge on any atom is -0.360 e. The first-order valence-electron chi connectivity index (χ1n) is 8.49. The van der Waals surface area contributed by atoms with Crippen LogP contribution in [0.5, 0.6) is 0 Å². The molecular formula is C18H26N2S. The molecule has 0 saturated heterocycles. The summed E-state index contributed by atoms with van der Waals surface area (Å²) in [5, 5.41) is 7.52. The SMILES string of the molecule is S=C(Nc1ccc(C2CCCCC2)cc1)NC1CCCC1. The third kappa shape index (κ3) is 4.19. The Kier molecular flexibility index (Phi) is 5.13. The average Bonchev–Trinajstić information content (AvgIpc) is 3.02. The maximum atomic E-state index is 5.41. The van der Waals surface area contributed by atoms with Crippen LogP contribution < -0.4 is 10.6 Å². The van der Waals surface area contributed by atoms with Crippen molar-refractivity contribution in [2.75, 3.05) is 5.32 Å². The molecule has 0 aromatic heterocycles. The van der Waals surface area contributed by atoms with E-state index in [4.69, 9.17) is 12.2 Å². The van der Waals surface area contributed by atoms with Gasteiger partial charge in [-0.05, 0) is 61.5 Å². The van der Waals surface area contributed by atoms with Crippen LogP contribution in [0.4, 0.5) is 5.69 Å². The molecule has 1 aromatic carbocycles. The van der Waals surface area contributed by atoms with Crippen molar-refractivity contribution in [2.24, 2.45) is 0 Å². The smallest absolute Gasteiger partial charge is 0.170 e. The van der Waals surface area contributed by atoms with Crippen molar-refractivity contribution in [2.45, 2.75) is 69.7 Å². The molecule has 0 bridgehead atoms. The Hall–Kier alpha value is -1.09. The van der Waals surface area contributed by atoms with Crippen molar-refractivity contribution in [1.29, 1.82) is 0 Å². The standard InChI is InChI=1S/C18H26N2S/c21-18(19-16-8-4-5-9-16)20-17-12-10-15(11-13-17)14-6-2-1-3-7-14/h10-14,16H,1-9H2,(H2,19,20,21). The highest BCUT2D eigenvalue weighted by atomic mass is 32.1. The Balaban J connectivity index is 1.52. The van der Waals surface area contributed by atoms with Crippen LogP contribution in [0, 0.1) is 0 Å². The fraction of sp³-hybridized carbons (Fsp3) is 0.611. The molecule has 3 heteroatoms. The van der Waals surface area contributed by atoms with E-state index in [1.165, 1.54) is 63.4 Å². The van der Waals surface area contributed by atoms with E-state index in [0.29, 0.717) is 6.04 Å². The minimum absolute atomic E-state index is 0.575. The second kappa shape index (κ2) is 7.26. The first-order chi connectivity index (χ1) is 10.3. The van der Waals surface area contributed by atoms with Gasteiger partial charge in [-0.3, -0.25) is 0 Å². The van der Waals surface area contributed by atoms with Gasteiger partial charge in [0.1, 0.15) is 0 Å². The number of hydrogen-bond acceptors (Lipinski definition) is 1. The normalized spacial score (nSPS) is 20.4. The van der Waals surface area contributed by atoms with Crippen molar-refractivity contribution in [1.82, 2.24) is 5.32 Å². The molecule has 2 N–H and O–H groups in total. The van der Waals surface area contributed by atoms with Crippen LogP contribution in [0.3, 0.4) is 0 Å². The zero-order chi connectivity index (χ0) is 14.5. The fourth-order valence-electron chi connectivity index (χ4n) is 3.70. The van der Waals surface area contributed by atoms with E-state index in [-0.39, 0.29) is 0 Å². The maximum Gasteiger partial charge on any atom is 0.170 e. The predicted molar refractivity (Wildman–Crippen MR) is 93.9 cm³/mol. The van der Waals surface area contributed by atoms with Crippen molar-refractivity contribution in [3.63, 3.8) is 0 Å². The topological polar surface area (TPSA) is 24.1 Å². The van der Waals surface area contributed by atoms with E-state index >= 15 is 0 Å². The van der Waals surface area contributed by atoms with Gasteiger partial charge in [0.25, 0.3) is 0 Å². The van der Waals surface area contributed by atoms with Gasteiger partial charge in [0.15, 0.2) is 5.11 Å². The molecule has 0 amide bonds. The highest BCUT2D eigenvalue weighted by molar-refractivity contribution is 7.80. The van der Waals surface area contributed by atoms with Gasteiger partial charge in [0.2, 0.25) is 0 Å². The summed E-state index contributed by atoms with van der Waals surface area (Å²) in [4.78, 5) is 0. The number of anilines is 1. The summed E-state index contributed by atoms with van der Waals surface area (Å²) in [7, 11) is 0. The van der Waals surface area contributed by atoms with E-state index in [2.05, 4.69) is 34.9 Å². The van der Waals surface area contributed by atoms with Crippen LogP contribution >= 0.6 is 12.2 Å². The molecular weight excluding hydrogens is 276 g/mol. The van der Waals surface area contributed by atoms with Gasteiger partial charge in [-0.2, -0.15) is 0 Å². The van der Waals surface area contributed by atoms with Crippen LogP contribution in [0.25, 0.3) is 0 Å². The van der Waals surface area contributed by atoms with Crippen LogP contribution in [-0.2, 0) is 0 Å². The number of hydrogen-bond donors (Lipinski definition) is 2. The third-order valence-electron chi connectivity index (χ3n) is 4.94. The molecule has 2 nitrogen and oxygen atoms in total. The summed E-state index contributed by atoms with van der Waals surface area (Å²) in [6, 6.07) is 9.47. The lowest BCUT2D eigenvalue weighted by molar-refractivity contribution is 0.443. The maximum absolute atomic E-state index is 5.41. The minimum atomic E-state index is 0.575. The Morgan fingerprint density at radius 1 is 0.857 bits per heavy atom. The molecule has 114 valence electrons. The number of benzene rings is 1. The molecule has 2 fully saturated rings. The molecule has 2 aliphatic rings. The highest BCUT2D eigenvalue weighted by Gasteiger charge is 2.16. The molecule has 3 rings (SSSR count). The summed E-state index contributed by atoms with van der Waals surface area (Å²) < 4.78 is 0. The summed E-state index contributed by atoms with van der Waals surface area (Å²) in [5.41, 5.74) is 2.60. The van der Waals surface area contributed by atoms with Gasteiger partial charge in [-0.15, -0.1) is 0 Å². The molecule has 1 aromatic rings. The van der Waals surface area contributed by atoms with E-state index in [1.54, 1.807) is 0 Å². The zero-order valence-corrected chi connectivity index (χ0v) is 13.6. The van der Waals surface area contributed by atoms with Gasteiger partial charge in [0, 0.05) is 11.7 Å². The quantitative estimate of drug-likeness (QED) is 0.771. The van der Waals surface area contributed by atoms with E-state index < -0.39 is 0 Å². The van der Waals surface area contributed by atoms with Crippen molar-refractivity contribution >= 4 is 23.0 Å². The van der Waals surface area contributed by atoms with Crippen molar-refractivity contribution < 1.29 is 0 Å². The molecule has 0 unspecified atom stereocenters. The van der Waals surface area contributed by atoms with Gasteiger partial charge in [-0.25, -0.2) is 0 Å². The molecule has 0 heterocycles. The van der Waals surface area contributed by atoms with Crippen LogP contribution in [0.2, 0.25) is 0 Å². The van der Waals surface area contributed by atoms with E-state index in [0.717, 1.165) is 16.7 Å². The molecule has 0 aliphatic heterocycles. The molecule has 21 heavy (non-hydrogen) atoms. The lowest BCUT2D eigenvalue weighted by Crippen LogP contribution is -2.35. The number of rotatable bonds is 3.